The summed E-state index contributed by atoms with van der Waals surface area (Å²) in [5, 5.41) is 5.24. The molecule has 0 bridgehead atoms. The van der Waals surface area contributed by atoms with Crippen molar-refractivity contribution < 1.29 is 0 Å². The van der Waals surface area contributed by atoms with Gasteiger partial charge in [-0.05, 0) is 49.1 Å². The van der Waals surface area contributed by atoms with Gasteiger partial charge in [0.2, 0.25) is 0 Å². The Bertz CT molecular complexity index is 551. The monoisotopic (exact) mass is 287 g/mol. The number of thiophene rings is 1. The molecule has 1 aromatic carbocycles. The lowest BCUT2D eigenvalue weighted by atomic mass is 9.75. The van der Waals surface area contributed by atoms with Crippen LogP contribution in [-0.2, 0) is 0 Å². The molecular formula is C18H25NS. The lowest BCUT2D eigenvalue weighted by molar-refractivity contribution is 0.191. The average molecular weight is 287 g/mol. The minimum absolute atomic E-state index is 0.464. The topological polar surface area (TPSA) is 12.0 Å². The largest absolute Gasteiger partial charge is 0.307 e. The molecular weight excluding hydrogens is 262 g/mol. The third kappa shape index (κ3) is 3.07. The van der Waals surface area contributed by atoms with Crippen LogP contribution >= 0.6 is 11.3 Å². The molecule has 0 radical (unpaired) electrons. The van der Waals surface area contributed by atoms with Gasteiger partial charge in [0.15, 0.2) is 0 Å². The Kier molecular flexibility index (Phi) is 3.87. The molecule has 1 aliphatic rings. The first-order valence-electron chi connectivity index (χ1n) is 7.78. The zero-order chi connectivity index (χ0) is 14.2. The fraction of sp³-hybridized carbons (Fsp3) is 0.556. The van der Waals surface area contributed by atoms with E-state index < -0.39 is 0 Å². The van der Waals surface area contributed by atoms with Gasteiger partial charge in [-0.3, -0.25) is 0 Å². The van der Waals surface area contributed by atoms with Crippen LogP contribution in [0.5, 0.6) is 0 Å². The fourth-order valence-corrected chi connectivity index (χ4v) is 4.57. The Morgan fingerprint density at radius 3 is 2.85 bits per heavy atom. The Morgan fingerprint density at radius 2 is 2.10 bits per heavy atom. The summed E-state index contributed by atoms with van der Waals surface area (Å²) in [6.07, 6.45) is 5.38. The third-order valence-corrected chi connectivity index (χ3v) is 5.86. The highest BCUT2D eigenvalue weighted by atomic mass is 32.1. The fourth-order valence-electron chi connectivity index (χ4n) is 3.49. The predicted molar refractivity (Wildman–Crippen MR) is 89.4 cm³/mol. The van der Waals surface area contributed by atoms with Gasteiger partial charge in [0.1, 0.15) is 0 Å². The Balaban J connectivity index is 1.71. The zero-order valence-electron chi connectivity index (χ0n) is 12.8. The number of fused-ring (bicyclic) bond motifs is 1. The molecule has 2 unspecified atom stereocenters. The maximum atomic E-state index is 3.86. The van der Waals surface area contributed by atoms with E-state index in [4.69, 9.17) is 0 Å². The molecule has 2 aromatic rings. The van der Waals surface area contributed by atoms with Gasteiger partial charge in [-0.1, -0.05) is 38.5 Å². The van der Waals surface area contributed by atoms with Crippen LogP contribution in [0.25, 0.3) is 10.1 Å². The summed E-state index contributed by atoms with van der Waals surface area (Å²) in [4.78, 5) is 1.47. The number of hydrogen-bond donors (Lipinski definition) is 1. The van der Waals surface area contributed by atoms with Gasteiger partial charge in [0.05, 0.1) is 0 Å². The van der Waals surface area contributed by atoms with E-state index >= 15 is 0 Å². The predicted octanol–water partition coefficient (Wildman–Crippen LogP) is 5.52. The standard InChI is InChI=1S/C18H25NS/c1-13(19-15-8-6-10-18(2,3)12-15)17-11-14-7-4-5-9-16(14)20-17/h4-5,7,9,11,13,15,19H,6,8,10,12H2,1-3H3. The van der Waals surface area contributed by atoms with Gasteiger partial charge in [0, 0.05) is 21.7 Å². The Labute approximate surface area is 126 Å². The van der Waals surface area contributed by atoms with Crippen LogP contribution in [0, 0.1) is 5.41 Å². The van der Waals surface area contributed by atoms with E-state index in [9.17, 15) is 0 Å². The zero-order valence-corrected chi connectivity index (χ0v) is 13.6. The first-order valence-corrected chi connectivity index (χ1v) is 8.60. The highest BCUT2D eigenvalue weighted by Gasteiger charge is 2.28. The summed E-state index contributed by atoms with van der Waals surface area (Å²) >= 11 is 1.93. The molecule has 1 fully saturated rings. The van der Waals surface area contributed by atoms with Crippen LogP contribution < -0.4 is 5.32 Å². The van der Waals surface area contributed by atoms with Crippen LogP contribution in [0.3, 0.4) is 0 Å². The van der Waals surface area contributed by atoms with Gasteiger partial charge in [-0.15, -0.1) is 11.3 Å². The maximum Gasteiger partial charge on any atom is 0.0388 e. The Morgan fingerprint density at radius 1 is 1.30 bits per heavy atom. The number of rotatable bonds is 3. The second kappa shape index (κ2) is 5.50. The van der Waals surface area contributed by atoms with Crippen molar-refractivity contribution in [1.29, 1.82) is 0 Å². The minimum atomic E-state index is 0.464. The van der Waals surface area contributed by atoms with E-state index in [0.29, 0.717) is 17.5 Å². The van der Waals surface area contributed by atoms with Crippen LogP contribution in [0.2, 0.25) is 0 Å². The van der Waals surface area contributed by atoms with E-state index in [2.05, 4.69) is 56.4 Å². The Hall–Kier alpha value is -0.860. The van der Waals surface area contributed by atoms with Crippen molar-refractivity contribution in [3.05, 3.63) is 35.2 Å². The molecule has 0 aliphatic heterocycles. The van der Waals surface area contributed by atoms with Crippen molar-refractivity contribution in [1.82, 2.24) is 5.32 Å². The van der Waals surface area contributed by atoms with Gasteiger partial charge in [-0.25, -0.2) is 0 Å². The number of benzene rings is 1. The van der Waals surface area contributed by atoms with E-state index in [-0.39, 0.29) is 0 Å². The summed E-state index contributed by atoms with van der Waals surface area (Å²) in [6.45, 7) is 7.13. The third-order valence-electron chi connectivity index (χ3n) is 4.56. The van der Waals surface area contributed by atoms with Crippen LogP contribution in [0.1, 0.15) is 57.4 Å². The second-order valence-electron chi connectivity index (χ2n) is 7.03. The first-order chi connectivity index (χ1) is 9.53. The summed E-state index contributed by atoms with van der Waals surface area (Å²) in [6, 6.07) is 12.2. The molecule has 20 heavy (non-hydrogen) atoms. The second-order valence-corrected chi connectivity index (χ2v) is 8.15. The van der Waals surface area contributed by atoms with Gasteiger partial charge in [0.25, 0.3) is 0 Å². The van der Waals surface area contributed by atoms with Gasteiger partial charge < -0.3 is 5.32 Å². The van der Waals surface area contributed by atoms with Crippen LogP contribution in [0.4, 0.5) is 0 Å². The van der Waals surface area contributed by atoms with Gasteiger partial charge >= 0.3 is 0 Å². The van der Waals surface area contributed by atoms with E-state index in [0.717, 1.165) is 0 Å². The minimum Gasteiger partial charge on any atom is -0.307 e. The molecule has 0 spiro atoms. The number of hydrogen-bond acceptors (Lipinski definition) is 2. The van der Waals surface area contributed by atoms with Crippen molar-refractivity contribution >= 4 is 21.4 Å². The van der Waals surface area contributed by atoms with E-state index in [1.165, 1.54) is 40.6 Å². The summed E-state index contributed by atoms with van der Waals surface area (Å²) in [7, 11) is 0. The van der Waals surface area contributed by atoms with Gasteiger partial charge in [-0.2, -0.15) is 0 Å². The molecule has 3 rings (SSSR count). The highest BCUT2D eigenvalue weighted by molar-refractivity contribution is 7.19. The maximum absolute atomic E-state index is 3.86. The molecule has 1 N–H and O–H groups in total. The smallest absolute Gasteiger partial charge is 0.0388 e. The number of nitrogens with one attached hydrogen (secondary N) is 1. The molecule has 0 amide bonds. The normalized spacial score (nSPS) is 23.9. The van der Waals surface area contributed by atoms with Crippen LogP contribution in [-0.4, -0.2) is 6.04 Å². The van der Waals surface area contributed by atoms with Crippen molar-refractivity contribution in [3.63, 3.8) is 0 Å². The molecule has 0 saturated heterocycles. The van der Waals surface area contributed by atoms with E-state index in [1.54, 1.807) is 0 Å². The quantitative estimate of drug-likeness (QED) is 0.783. The summed E-state index contributed by atoms with van der Waals surface area (Å²) in [5.41, 5.74) is 0.510. The molecule has 108 valence electrons. The molecule has 2 atom stereocenters. The average Bonchev–Trinajstić information content (AvgIpc) is 2.81. The molecule has 1 nitrogen and oxygen atoms in total. The molecule has 1 heterocycles. The van der Waals surface area contributed by atoms with Crippen LogP contribution in [0.15, 0.2) is 30.3 Å². The van der Waals surface area contributed by atoms with Crippen molar-refractivity contribution in [3.8, 4) is 0 Å². The molecule has 1 aromatic heterocycles. The summed E-state index contributed by atoms with van der Waals surface area (Å²) < 4.78 is 1.40. The summed E-state index contributed by atoms with van der Waals surface area (Å²) in [5.74, 6) is 0. The molecule has 1 saturated carbocycles. The first kappa shape index (κ1) is 14.1. The molecule has 1 aliphatic carbocycles. The SMILES string of the molecule is CC(NC1CCCC(C)(C)C1)c1cc2ccccc2s1. The van der Waals surface area contributed by atoms with Crippen molar-refractivity contribution in [2.75, 3.05) is 0 Å². The molecule has 2 heteroatoms. The lowest BCUT2D eigenvalue weighted by Crippen LogP contribution is -2.38. The highest BCUT2D eigenvalue weighted by Crippen LogP contribution is 2.37. The van der Waals surface area contributed by atoms with Crippen molar-refractivity contribution in [2.45, 2.75) is 58.5 Å². The van der Waals surface area contributed by atoms with E-state index in [1.807, 2.05) is 11.3 Å². The lowest BCUT2D eigenvalue weighted by Gasteiger charge is -2.37. The van der Waals surface area contributed by atoms with Crippen molar-refractivity contribution in [2.24, 2.45) is 5.41 Å².